The minimum Gasteiger partial charge on any atom is -0.367 e. The van der Waals surface area contributed by atoms with Gasteiger partial charge in [-0.05, 0) is 6.07 Å². The van der Waals surface area contributed by atoms with Crippen LogP contribution in [0.5, 0.6) is 0 Å². The van der Waals surface area contributed by atoms with E-state index < -0.39 is 40.1 Å². The maximum absolute atomic E-state index is 13.6. The van der Waals surface area contributed by atoms with Crippen molar-refractivity contribution in [1.29, 1.82) is 0 Å². The molecule has 0 aliphatic heterocycles. The maximum atomic E-state index is 13.6. The smallest absolute Gasteiger partial charge is 0.261 e. The molecule has 6 nitrogen and oxygen atoms in total. The Hall–Kier alpha value is -3.03. The first kappa shape index (κ1) is 14.4. The number of amides is 2. The van der Waals surface area contributed by atoms with Crippen LogP contribution in [-0.4, -0.2) is 16.8 Å². The lowest BCUT2D eigenvalue weighted by molar-refractivity contribution is 0.0992. The lowest BCUT2D eigenvalue weighted by Crippen LogP contribution is -2.22. The van der Waals surface area contributed by atoms with E-state index in [9.17, 15) is 23.2 Å². The Morgan fingerprint density at radius 2 is 1.86 bits per heavy atom. The van der Waals surface area contributed by atoms with Crippen molar-refractivity contribution in [3.63, 3.8) is 0 Å². The second-order valence-corrected chi connectivity index (χ2v) is 4.05. The lowest BCUT2D eigenvalue weighted by atomic mass is 10.1. The number of carbonyl (C=O) groups excluding carboxylic acids is 2. The molecule has 2 aromatic rings. The number of H-pyrrole nitrogens is 1. The quantitative estimate of drug-likeness (QED) is 0.786. The second kappa shape index (κ2) is 5.53. The van der Waals surface area contributed by atoms with Crippen molar-refractivity contribution >= 4 is 17.5 Å². The third-order valence-corrected chi connectivity index (χ3v) is 2.64. The van der Waals surface area contributed by atoms with Crippen molar-refractivity contribution in [2.24, 2.45) is 5.73 Å². The van der Waals surface area contributed by atoms with Gasteiger partial charge in [0.2, 0.25) is 0 Å². The zero-order chi connectivity index (χ0) is 15.6. The average Bonchev–Trinajstić information content (AvgIpc) is 2.41. The Labute approximate surface area is 116 Å². The number of pyridine rings is 1. The minimum absolute atomic E-state index is 0.262. The molecule has 1 aromatic carbocycles. The van der Waals surface area contributed by atoms with Crippen LogP contribution in [0.2, 0.25) is 0 Å². The topological polar surface area (TPSA) is 105 Å². The zero-order valence-electron chi connectivity index (χ0n) is 10.4. The maximum Gasteiger partial charge on any atom is 0.261 e. The number of nitrogens with two attached hydrogens (primary N) is 1. The van der Waals surface area contributed by atoms with Gasteiger partial charge in [-0.15, -0.1) is 0 Å². The monoisotopic (exact) mass is 293 g/mol. The molecule has 0 saturated heterocycles. The number of rotatable bonds is 3. The van der Waals surface area contributed by atoms with Crippen molar-refractivity contribution < 1.29 is 18.4 Å². The molecule has 0 bridgehead atoms. The average molecular weight is 293 g/mol. The number of hydrogen-bond acceptors (Lipinski definition) is 3. The number of primary amides is 1. The molecule has 0 radical (unpaired) electrons. The van der Waals surface area contributed by atoms with Crippen LogP contribution in [0.1, 0.15) is 20.7 Å². The van der Waals surface area contributed by atoms with Crippen molar-refractivity contribution in [3.8, 4) is 0 Å². The SMILES string of the molecule is NC(=O)c1cc(NC(=O)c2c[nH]ccc2=O)c(F)cc1F. The molecule has 2 amide bonds. The highest BCUT2D eigenvalue weighted by Crippen LogP contribution is 2.19. The van der Waals surface area contributed by atoms with Crippen molar-refractivity contribution in [2.45, 2.75) is 0 Å². The van der Waals surface area contributed by atoms with E-state index in [1.54, 1.807) is 0 Å². The van der Waals surface area contributed by atoms with Gasteiger partial charge in [-0.25, -0.2) is 8.78 Å². The summed E-state index contributed by atoms with van der Waals surface area (Å²) < 4.78 is 26.9. The summed E-state index contributed by atoms with van der Waals surface area (Å²) in [6, 6.07) is 2.30. The fraction of sp³-hybridized carbons (Fsp3) is 0. The third-order valence-electron chi connectivity index (χ3n) is 2.64. The van der Waals surface area contributed by atoms with E-state index in [0.717, 1.165) is 18.3 Å². The molecule has 0 aliphatic carbocycles. The fourth-order valence-electron chi connectivity index (χ4n) is 1.62. The van der Waals surface area contributed by atoms with E-state index in [1.807, 2.05) is 0 Å². The summed E-state index contributed by atoms with van der Waals surface area (Å²) in [5.41, 5.74) is 3.05. The molecule has 1 heterocycles. The summed E-state index contributed by atoms with van der Waals surface area (Å²) in [5, 5.41) is 2.08. The molecule has 0 spiro atoms. The lowest BCUT2D eigenvalue weighted by Gasteiger charge is -2.08. The van der Waals surface area contributed by atoms with Gasteiger partial charge in [-0.1, -0.05) is 0 Å². The number of carbonyl (C=O) groups is 2. The van der Waals surface area contributed by atoms with Crippen LogP contribution in [0, 0.1) is 11.6 Å². The van der Waals surface area contributed by atoms with Gasteiger partial charge in [0, 0.05) is 24.5 Å². The molecule has 4 N–H and O–H groups in total. The number of anilines is 1. The first-order valence-electron chi connectivity index (χ1n) is 5.67. The first-order chi connectivity index (χ1) is 9.90. The number of hydrogen-bond donors (Lipinski definition) is 3. The summed E-state index contributed by atoms with van der Waals surface area (Å²) in [6.45, 7) is 0. The van der Waals surface area contributed by atoms with Crippen molar-refractivity contribution in [3.05, 3.63) is 63.6 Å². The van der Waals surface area contributed by atoms with Crippen LogP contribution in [0.3, 0.4) is 0 Å². The minimum atomic E-state index is -1.14. The van der Waals surface area contributed by atoms with Crippen molar-refractivity contribution in [2.75, 3.05) is 5.32 Å². The zero-order valence-corrected chi connectivity index (χ0v) is 10.4. The Morgan fingerprint density at radius 3 is 2.48 bits per heavy atom. The number of halogens is 2. The Bertz CT molecular complexity index is 786. The highest BCUT2D eigenvalue weighted by atomic mass is 19.1. The van der Waals surface area contributed by atoms with Gasteiger partial charge in [0.25, 0.3) is 11.8 Å². The largest absolute Gasteiger partial charge is 0.367 e. The molecule has 0 unspecified atom stereocenters. The van der Waals surface area contributed by atoms with Gasteiger partial charge in [0.1, 0.15) is 17.2 Å². The van der Waals surface area contributed by atoms with Gasteiger partial charge in [0.05, 0.1) is 11.3 Å². The summed E-state index contributed by atoms with van der Waals surface area (Å²) in [4.78, 5) is 36.8. The Kier molecular flexibility index (Phi) is 3.79. The Balaban J connectivity index is 2.38. The van der Waals surface area contributed by atoms with E-state index in [1.165, 1.54) is 6.20 Å². The van der Waals surface area contributed by atoms with Crippen molar-refractivity contribution in [1.82, 2.24) is 4.98 Å². The molecule has 8 heteroatoms. The highest BCUT2D eigenvalue weighted by Gasteiger charge is 2.17. The van der Waals surface area contributed by atoms with E-state index in [4.69, 9.17) is 5.73 Å². The van der Waals surface area contributed by atoms with Crippen LogP contribution >= 0.6 is 0 Å². The summed E-state index contributed by atoms with van der Waals surface area (Å²) >= 11 is 0. The molecular formula is C13H9F2N3O3. The van der Waals surface area contributed by atoms with E-state index >= 15 is 0 Å². The fourth-order valence-corrected chi connectivity index (χ4v) is 1.62. The second-order valence-electron chi connectivity index (χ2n) is 4.05. The third kappa shape index (κ3) is 2.94. The standard InChI is InChI=1S/C13H9F2N3O3/c14-8-4-9(15)10(3-6(8)12(16)20)18-13(21)7-5-17-2-1-11(7)19/h1-5H,(H2,16,20)(H,17,19)(H,18,21). The molecule has 0 saturated carbocycles. The molecule has 1 aromatic heterocycles. The van der Waals surface area contributed by atoms with E-state index in [0.29, 0.717) is 6.07 Å². The summed E-state index contributed by atoms with van der Waals surface area (Å²) in [6.07, 6.45) is 2.46. The van der Waals surface area contributed by atoms with Crippen LogP contribution in [0.25, 0.3) is 0 Å². The molecule has 0 atom stereocenters. The number of aromatic nitrogens is 1. The molecule has 2 rings (SSSR count). The summed E-state index contributed by atoms with van der Waals surface area (Å²) in [5.74, 6) is -4.26. The predicted molar refractivity (Wildman–Crippen MR) is 69.9 cm³/mol. The van der Waals surface area contributed by atoms with Crippen LogP contribution < -0.4 is 16.5 Å². The van der Waals surface area contributed by atoms with E-state index in [-0.39, 0.29) is 5.56 Å². The van der Waals surface area contributed by atoms with Crippen LogP contribution in [-0.2, 0) is 0 Å². The highest BCUT2D eigenvalue weighted by molar-refractivity contribution is 6.04. The van der Waals surface area contributed by atoms with Gasteiger partial charge in [-0.3, -0.25) is 14.4 Å². The van der Waals surface area contributed by atoms with Gasteiger partial charge in [0.15, 0.2) is 5.43 Å². The van der Waals surface area contributed by atoms with E-state index in [2.05, 4.69) is 10.3 Å². The van der Waals surface area contributed by atoms with Crippen LogP contribution in [0.4, 0.5) is 14.5 Å². The first-order valence-corrected chi connectivity index (χ1v) is 5.67. The Morgan fingerprint density at radius 1 is 1.14 bits per heavy atom. The van der Waals surface area contributed by atoms with Gasteiger partial charge < -0.3 is 16.0 Å². The summed E-state index contributed by atoms with van der Waals surface area (Å²) in [7, 11) is 0. The van der Waals surface area contributed by atoms with Crippen LogP contribution in [0.15, 0.2) is 35.4 Å². The number of benzene rings is 1. The normalized spacial score (nSPS) is 10.2. The molecule has 21 heavy (non-hydrogen) atoms. The molecule has 0 fully saturated rings. The molecule has 108 valence electrons. The van der Waals surface area contributed by atoms with Gasteiger partial charge in [-0.2, -0.15) is 0 Å². The predicted octanol–water partition coefficient (Wildman–Crippen LogP) is 1.00. The number of aromatic amines is 1. The van der Waals surface area contributed by atoms with Gasteiger partial charge >= 0.3 is 0 Å². The molecular weight excluding hydrogens is 284 g/mol. The molecule has 0 aliphatic rings. The number of nitrogens with one attached hydrogen (secondary N) is 2.